The van der Waals surface area contributed by atoms with E-state index in [1.54, 1.807) is 0 Å². The number of hydrazone groups is 1. The molecule has 23 heavy (non-hydrogen) atoms. The van der Waals surface area contributed by atoms with Crippen LogP contribution in [0.25, 0.3) is 0 Å². The highest BCUT2D eigenvalue weighted by atomic mass is 16.7. The van der Waals surface area contributed by atoms with Crippen molar-refractivity contribution < 1.29 is 19.2 Å². The molecule has 2 heterocycles. The molecule has 3 rings (SSSR count). The third-order valence-corrected chi connectivity index (χ3v) is 2.99. The van der Waals surface area contributed by atoms with E-state index in [2.05, 4.69) is 15.5 Å². The molecule has 0 spiro atoms. The van der Waals surface area contributed by atoms with Gasteiger partial charge >= 0.3 is 5.69 Å². The van der Waals surface area contributed by atoms with Crippen molar-refractivity contribution >= 4 is 17.8 Å². The molecular formula is C14H10N4O5. The van der Waals surface area contributed by atoms with Gasteiger partial charge in [-0.1, -0.05) is 0 Å². The largest absolute Gasteiger partial charge is 0.453 e. The molecule has 2 aromatic rings. The normalized spacial score (nSPS) is 12.3. The van der Waals surface area contributed by atoms with Gasteiger partial charge in [-0.15, -0.1) is 0 Å². The van der Waals surface area contributed by atoms with E-state index in [0.717, 1.165) is 0 Å². The van der Waals surface area contributed by atoms with Crippen LogP contribution in [0.4, 0.5) is 5.69 Å². The molecule has 1 amide bonds. The molecule has 0 saturated heterocycles. The van der Waals surface area contributed by atoms with Gasteiger partial charge in [0.2, 0.25) is 12.5 Å². The van der Waals surface area contributed by atoms with E-state index in [1.807, 2.05) is 0 Å². The number of hydrogen-bond acceptors (Lipinski definition) is 7. The van der Waals surface area contributed by atoms with Crippen LogP contribution in [0.15, 0.2) is 41.8 Å². The molecule has 1 aromatic heterocycles. The fourth-order valence-corrected chi connectivity index (χ4v) is 1.96. The number of nitrogens with zero attached hydrogens (tertiary/aromatic N) is 3. The molecule has 1 aliphatic heterocycles. The summed E-state index contributed by atoms with van der Waals surface area (Å²) in [5.74, 6) is -0.0621. The topological polar surface area (TPSA) is 116 Å². The van der Waals surface area contributed by atoms with E-state index >= 15 is 0 Å². The van der Waals surface area contributed by atoms with Gasteiger partial charge in [0.15, 0.2) is 5.75 Å². The molecule has 0 bridgehead atoms. The molecule has 9 nitrogen and oxygen atoms in total. The SMILES string of the molecule is O=C(N/N=C\c1cc2c(c([N+](=O)[O-])c1)OCO2)c1ccncc1. The van der Waals surface area contributed by atoms with Gasteiger partial charge < -0.3 is 9.47 Å². The van der Waals surface area contributed by atoms with Gasteiger partial charge in [0.05, 0.1) is 11.1 Å². The smallest absolute Gasteiger partial charge is 0.315 e. The average Bonchev–Trinajstić information content (AvgIpc) is 3.03. The molecule has 1 aliphatic rings. The third-order valence-electron chi connectivity index (χ3n) is 2.99. The van der Waals surface area contributed by atoms with E-state index in [4.69, 9.17) is 9.47 Å². The van der Waals surface area contributed by atoms with Crippen molar-refractivity contribution in [3.63, 3.8) is 0 Å². The highest BCUT2D eigenvalue weighted by Crippen LogP contribution is 2.41. The molecule has 0 saturated carbocycles. The second kappa shape index (κ2) is 6.10. The first kappa shape index (κ1) is 14.4. The first-order valence-electron chi connectivity index (χ1n) is 6.46. The summed E-state index contributed by atoms with van der Waals surface area (Å²) >= 11 is 0. The van der Waals surface area contributed by atoms with Crippen LogP contribution in [-0.4, -0.2) is 28.8 Å². The quantitative estimate of drug-likeness (QED) is 0.519. The Morgan fingerprint density at radius 3 is 2.87 bits per heavy atom. The van der Waals surface area contributed by atoms with Gasteiger partial charge in [-0.25, -0.2) is 5.43 Å². The summed E-state index contributed by atoms with van der Waals surface area (Å²) in [5, 5.41) is 14.8. The molecular weight excluding hydrogens is 304 g/mol. The van der Waals surface area contributed by atoms with E-state index in [0.29, 0.717) is 11.1 Å². The minimum absolute atomic E-state index is 0.0739. The van der Waals surface area contributed by atoms with E-state index < -0.39 is 10.8 Å². The summed E-state index contributed by atoms with van der Waals surface area (Å²) < 4.78 is 10.2. The number of amides is 1. The van der Waals surface area contributed by atoms with Gasteiger partial charge in [-0.3, -0.25) is 19.9 Å². The number of nitro groups is 1. The Morgan fingerprint density at radius 1 is 1.35 bits per heavy atom. The van der Waals surface area contributed by atoms with Crippen LogP contribution in [0.1, 0.15) is 15.9 Å². The summed E-state index contributed by atoms with van der Waals surface area (Å²) in [6.07, 6.45) is 4.26. The number of benzene rings is 1. The fourth-order valence-electron chi connectivity index (χ4n) is 1.96. The number of carbonyl (C=O) groups excluding carboxylic acids is 1. The van der Waals surface area contributed by atoms with Gasteiger partial charge in [0.1, 0.15) is 0 Å². The predicted molar refractivity (Wildman–Crippen MR) is 78.5 cm³/mol. The van der Waals surface area contributed by atoms with Crippen molar-refractivity contribution in [2.24, 2.45) is 5.10 Å². The molecule has 9 heteroatoms. The number of nitrogens with one attached hydrogen (secondary N) is 1. The summed E-state index contributed by atoms with van der Waals surface area (Å²) in [4.78, 5) is 26.1. The van der Waals surface area contributed by atoms with E-state index in [9.17, 15) is 14.9 Å². The zero-order valence-electron chi connectivity index (χ0n) is 11.6. The van der Waals surface area contributed by atoms with Gasteiger partial charge in [0, 0.05) is 29.6 Å². The molecule has 1 aromatic carbocycles. The van der Waals surface area contributed by atoms with Crippen LogP contribution >= 0.6 is 0 Å². The van der Waals surface area contributed by atoms with Gasteiger partial charge in [0.25, 0.3) is 5.91 Å². The van der Waals surface area contributed by atoms with Crippen LogP contribution in [0.5, 0.6) is 11.5 Å². The number of nitro benzene ring substituents is 1. The molecule has 1 N–H and O–H groups in total. The second-order valence-corrected chi connectivity index (χ2v) is 4.47. The minimum atomic E-state index is -0.569. The maximum atomic E-state index is 11.8. The van der Waals surface area contributed by atoms with Gasteiger partial charge in [-0.05, 0) is 18.2 Å². The van der Waals surface area contributed by atoms with Crippen molar-refractivity contribution in [2.45, 2.75) is 0 Å². The highest BCUT2D eigenvalue weighted by Gasteiger charge is 2.26. The molecule has 0 atom stereocenters. The minimum Gasteiger partial charge on any atom is -0.453 e. The molecule has 0 aliphatic carbocycles. The lowest BCUT2D eigenvalue weighted by Crippen LogP contribution is -2.17. The van der Waals surface area contributed by atoms with Crippen LogP contribution in [0.2, 0.25) is 0 Å². The first-order chi connectivity index (χ1) is 11.1. The van der Waals surface area contributed by atoms with Gasteiger partial charge in [-0.2, -0.15) is 5.10 Å². The summed E-state index contributed by atoms with van der Waals surface area (Å²) in [7, 11) is 0. The Balaban J connectivity index is 1.77. The second-order valence-electron chi connectivity index (χ2n) is 4.47. The molecule has 0 fully saturated rings. The van der Waals surface area contributed by atoms with Crippen molar-refractivity contribution in [3.8, 4) is 11.5 Å². The Hall–Kier alpha value is -3.49. The number of fused-ring (bicyclic) bond motifs is 1. The summed E-state index contributed by atoms with van der Waals surface area (Å²) in [5.41, 5.74) is 2.90. The monoisotopic (exact) mass is 314 g/mol. The number of carbonyl (C=O) groups is 1. The lowest BCUT2D eigenvalue weighted by atomic mass is 10.2. The van der Waals surface area contributed by atoms with E-state index in [1.165, 1.54) is 42.9 Å². The number of hydrogen-bond donors (Lipinski definition) is 1. The third kappa shape index (κ3) is 3.07. The number of rotatable bonds is 4. The lowest BCUT2D eigenvalue weighted by Gasteiger charge is -2.01. The van der Waals surface area contributed by atoms with Crippen LogP contribution in [0, 0.1) is 10.1 Å². The number of aromatic nitrogens is 1. The maximum Gasteiger partial charge on any atom is 0.315 e. The van der Waals surface area contributed by atoms with Crippen LogP contribution < -0.4 is 14.9 Å². The first-order valence-corrected chi connectivity index (χ1v) is 6.46. The molecule has 0 radical (unpaired) electrons. The Kier molecular flexibility index (Phi) is 3.83. The predicted octanol–water partition coefficient (Wildman–Crippen LogP) is 1.48. The van der Waals surface area contributed by atoms with E-state index in [-0.39, 0.29) is 24.0 Å². The van der Waals surface area contributed by atoms with Crippen molar-refractivity contribution in [1.82, 2.24) is 10.4 Å². The van der Waals surface area contributed by atoms with Crippen molar-refractivity contribution in [3.05, 3.63) is 57.9 Å². The summed E-state index contributed by atoms with van der Waals surface area (Å²) in [6.45, 7) is -0.0739. The van der Waals surface area contributed by atoms with Crippen molar-refractivity contribution in [1.29, 1.82) is 0 Å². The number of pyridine rings is 1. The van der Waals surface area contributed by atoms with Crippen LogP contribution in [-0.2, 0) is 0 Å². The zero-order chi connectivity index (χ0) is 16.2. The maximum absolute atomic E-state index is 11.8. The average molecular weight is 314 g/mol. The Labute approximate surface area is 129 Å². The molecule has 116 valence electrons. The Bertz CT molecular complexity index is 791. The zero-order valence-corrected chi connectivity index (χ0v) is 11.6. The standard InChI is InChI=1S/C14H10N4O5/c19-14(10-1-3-15-4-2-10)17-16-7-9-5-11(18(20)21)13-12(6-9)22-8-23-13/h1-7H,8H2,(H,17,19)/b16-7-. The van der Waals surface area contributed by atoms with Crippen LogP contribution in [0.3, 0.4) is 0 Å². The highest BCUT2D eigenvalue weighted by molar-refractivity contribution is 5.94. The lowest BCUT2D eigenvalue weighted by molar-refractivity contribution is -0.385. The van der Waals surface area contributed by atoms with Crippen molar-refractivity contribution in [2.75, 3.05) is 6.79 Å². The number of ether oxygens (including phenoxy) is 2. The Morgan fingerprint density at radius 2 is 2.13 bits per heavy atom. The molecule has 0 unspecified atom stereocenters. The fraction of sp³-hybridized carbons (Fsp3) is 0.0714. The summed E-state index contributed by atoms with van der Waals surface area (Å²) in [6, 6.07) is 5.90.